The molecule has 0 bridgehead atoms. The first-order valence-electron chi connectivity index (χ1n) is 7.22. The molecule has 0 aliphatic rings. The van der Waals surface area contributed by atoms with Crippen LogP contribution in [0.4, 0.5) is 0 Å². The molecule has 0 fully saturated rings. The summed E-state index contributed by atoms with van der Waals surface area (Å²) >= 11 is 0. The topological polar surface area (TPSA) is 54.4 Å². The molecule has 2 aromatic carbocycles. The molecule has 0 radical (unpaired) electrons. The molecule has 114 valence electrons. The molecule has 21 heavy (non-hydrogen) atoms. The van der Waals surface area contributed by atoms with Crippen molar-refractivity contribution in [3.8, 4) is 0 Å². The molecule has 0 aromatic heterocycles. The van der Waals surface area contributed by atoms with Crippen LogP contribution >= 0.6 is 0 Å². The molecule has 2 rings (SSSR count). The second-order valence-electron chi connectivity index (χ2n) is 6.30. The standard InChI is InChI=1S/C17H22O3S/c1-11(2)7-13-8-15-10-14(12(3)4)5-6-16(15)17(9-13)21(18,19)20/h5-6,8-12H,7H2,1-4H3,(H,18,19,20). The Morgan fingerprint density at radius 1 is 1.05 bits per heavy atom. The van der Waals surface area contributed by atoms with E-state index in [9.17, 15) is 13.0 Å². The predicted molar refractivity (Wildman–Crippen MR) is 86.4 cm³/mol. The maximum absolute atomic E-state index is 11.7. The summed E-state index contributed by atoms with van der Waals surface area (Å²) in [6.45, 7) is 8.37. The molecule has 1 N–H and O–H groups in total. The van der Waals surface area contributed by atoms with Gasteiger partial charge >= 0.3 is 0 Å². The average molecular weight is 306 g/mol. The van der Waals surface area contributed by atoms with Gasteiger partial charge in [-0.15, -0.1) is 0 Å². The Balaban J connectivity index is 2.74. The minimum atomic E-state index is -4.22. The minimum Gasteiger partial charge on any atom is -0.282 e. The Morgan fingerprint density at radius 2 is 1.71 bits per heavy atom. The fraction of sp³-hybridized carbons (Fsp3) is 0.412. The van der Waals surface area contributed by atoms with Crippen molar-refractivity contribution in [2.45, 2.75) is 44.9 Å². The van der Waals surface area contributed by atoms with E-state index in [1.54, 1.807) is 12.1 Å². The fourth-order valence-corrected chi connectivity index (χ4v) is 3.34. The van der Waals surface area contributed by atoms with E-state index in [2.05, 4.69) is 27.7 Å². The molecule has 0 heterocycles. The highest BCUT2D eigenvalue weighted by Gasteiger charge is 2.16. The van der Waals surface area contributed by atoms with Crippen LogP contribution in [0.25, 0.3) is 10.8 Å². The van der Waals surface area contributed by atoms with Crippen molar-refractivity contribution in [3.63, 3.8) is 0 Å². The maximum Gasteiger partial charge on any atom is 0.295 e. The van der Waals surface area contributed by atoms with E-state index in [4.69, 9.17) is 0 Å². The Bertz CT molecular complexity index is 759. The zero-order valence-electron chi connectivity index (χ0n) is 12.9. The summed E-state index contributed by atoms with van der Waals surface area (Å²) in [5.41, 5.74) is 2.09. The van der Waals surface area contributed by atoms with Crippen molar-refractivity contribution in [2.24, 2.45) is 5.92 Å². The molecular formula is C17H22O3S. The summed E-state index contributed by atoms with van der Waals surface area (Å²) in [6, 6.07) is 9.33. The Kier molecular flexibility index (Phi) is 4.40. The molecule has 3 nitrogen and oxygen atoms in total. The second-order valence-corrected chi connectivity index (χ2v) is 7.69. The molecule has 0 spiro atoms. The molecule has 0 aliphatic carbocycles. The zero-order chi connectivity index (χ0) is 15.8. The quantitative estimate of drug-likeness (QED) is 0.851. The minimum absolute atomic E-state index is 0.00551. The Hall–Kier alpha value is -1.39. The number of fused-ring (bicyclic) bond motifs is 1. The monoisotopic (exact) mass is 306 g/mol. The normalized spacial score (nSPS) is 12.5. The van der Waals surface area contributed by atoms with E-state index in [0.29, 0.717) is 17.2 Å². The number of hydrogen-bond donors (Lipinski definition) is 1. The highest BCUT2D eigenvalue weighted by Crippen LogP contribution is 2.29. The summed E-state index contributed by atoms with van der Waals surface area (Å²) in [7, 11) is -4.22. The fourth-order valence-electron chi connectivity index (χ4n) is 2.57. The highest BCUT2D eigenvalue weighted by atomic mass is 32.2. The Labute approximate surface area is 126 Å². The SMILES string of the molecule is CC(C)Cc1cc(S(=O)(=O)O)c2ccc(C(C)C)cc2c1. The number of benzene rings is 2. The van der Waals surface area contributed by atoms with Crippen LogP contribution in [-0.2, 0) is 16.5 Å². The smallest absolute Gasteiger partial charge is 0.282 e. The van der Waals surface area contributed by atoms with E-state index in [1.807, 2.05) is 18.2 Å². The molecule has 0 unspecified atom stereocenters. The van der Waals surface area contributed by atoms with Gasteiger partial charge in [0, 0.05) is 5.39 Å². The van der Waals surface area contributed by atoms with Gasteiger partial charge in [0.25, 0.3) is 10.1 Å². The third-order valence-electron chi connectivity index (χ3n) is 3.59. The van der Waals surface area contributed by atoms with Crippen LogP contribution in [0, 0.1) is 5.92 Å². The van der Waals surface area contributed by atoms with E-state index < -0.39 is 10.1 Å². The van der Waals surface area contributed by atoms with Crippen LogP contribution in [0.5, 0.6) is 0 Å². The molecule has 0 saturated heterocycles. The van der Waals surface area contributed by atoms with Crippen LogP contribution in [0.3, 0.4) is 0 Å². The molecule has 0 atom stereocenters. The first-order valence-corrected chi connectivity index (χ1v) is 8.66. The third-order valence-corrected chi connectivity index (χ3v) is 4.48. The number of rotatable bonds is 4. The van der Waals surface area contributed by atoms with Gasteiger partial charge in [0.2, 0.25) is 0 Å². The van der Waals surface area contributed by atoms with Crippen molar-refractivity contribution in [1.29, 1.82) is 0 Å². The van der Waals surface area contributed by atoms with Crippen LogP contribution in [-0.4, -0.2) is 13.0 Å². The molecule has 0 aliphatic heterocycles. The van der Waals surface area contributed by atoms with E-state index in [1.165, 1.54) is 0 Å². The van der Waals surface area contributed by atoms with Crippen molar-refractivity contribution in [2.75, 3.05) is 0 Å². The predicted octanol–water partition coefficient (Wildman–Crippen LogP) is 4.41. The van der Waals surface area contributed by atoms with Crippen LogP contribution in [0.2, 0.25) is 0 Å². The first kappa shape index (κ1) is 16.0. The van der Waals surface area contributed by atoms with Crippen LogP contribution in [0.15, 0.2) is 35.2 Å². The van der Waals surface area contributed by atoms with Crippen LogP contribution < -0.4 is 0 Å². The van der Waals surface area contributed by atoms with Gasteiger partial charge in [-0.05, 0) is 40.8 Å². The van der Waals surface area contributed by atoms with Crippen molar-refractivity contribution in [1.82, 2.24) is 0 Å². The third kappa shape index (κ3) is 3.63. The molecular weight excluding hydrogens is 284 g/mol. The van der Waals surface area contributed by atoms with Gasteiger partial charge < -0.3 is 0 Å². The lowest BCUT2D eigenvalue weighted by Crippen LogP contribution is -2.03. The van der Waals surface area contributed by atoms with E-state index in [-0.39, 0.29) is 4.90 Å². The first-order chi connectivity index (χ1) is 9.68. The average Bonchev–Trinajstić information content (AvgIpc) is 2.35. The van der Waals surface area contributed by atoms with Gasteiger partial charge in [-0.2, -0.15) is 8.42 Å². The van der Waals surface area contributed by atoms with E-state index >= 15 is 0 Å². The highest BCUT2D eigenvalue weighted by molar-refractivity contribution is 7.86. The summed E-state index contributed by atoms with van der Waals surface area (Å²) in [5, 5.41) is 1.45. The van der Waals surface area contributed by atoms with Crippen molar-refractivity contribution < 1.29 is 13.0 Å². The van der Waals surface area contributed by atoms with Crippen molar-refractivity contribution in [3.05, 3.63) is 41.5 Å². The van der Waals surface area contributed by atoms with Gasteiger partial charge in [0.1, 0.15) is 4.90 Å². The zero-order valence-corrected chi connectivity index (χ0v) is 13.7. The maximum atomic E-state index is 11.7. The summed E-state index contributed by atoms with van der Waals surface area (Å²) in [4.78, 5) is 0.00551. The lowest BCUT2D eigenvalue weighted by atomic mass is 9.96. The van der Waals surface area contributed by atoms with Gasteiger partial charge in [-0.1, -0.05) is 52.0 Å². The number of hydrogen-bond acceptors (Lipinski definition) is 2. The molecule has 4 heteroatoms. The van der Waals surface area contributed by atoms with Gasteiger partial charge in [-0.25, -0.2) is 0 Å². The van der Waals surface area contributed by atoms with E-state index in [0.717, 1.165) is 22.9 Å². The van der Waals surface area contributed by atoms with Crippen LogP contribution in [0.1, 0.15) is 44.7 Å². The summed E-state index contributed by atoms with van der Waals surface area (Å²) in [5.74, 6) is 0.794. The summed E-state index contributed by atoms with van der Waals surface area (Å²) in [6.07, 6.45) is 0.782. The van der Waals surface area contributed by atoms with Crippen molar-refractivity contribution >= 4 is 20.9 Å². The van der Waals surface area contributed by atoms with Gasteiger partial charge in [0.05, 0.1) is 0 Å². The molecule has 2 aromatic rings. The lowest BCUT2D eigenvalue weighted by Gasteiger charge is -2.12. The molecule has 0 amide bonds. The largest absolute Gasteiger partial charge is 0.295 e. The molecule has 0 saturated carbocycles. The van der Waals surface area contributed by atoms with Gasteiger partial charge in [-0.3, -0.25) is 4.55 Å². The second kappa shape index (κ2) is 5.78. The Morgan fingerprint density at radius 3 is 2.24 bits per heavy atom. The summed E-state index contributed by atoms with van der Waals surface area (Å²) < 4.78 is 32.8. The lowest BCUT2D eigenvalue weighted by molar-refractivity contribution is 0.484. The van der Waals surface area contributed by atoms with Gasteiger partial charge in [0.15, 0.2) is 0 Å².